The molecule has 7 nitrogen and oxygen atoms in total. The summed E-state index contributed by atoms with van der Waals surface area (Å²) in [4.78, 5) is 14.4. The molecule has 1 heterocycles. The Labute approximate surface area is 177 Å². The molecule has 1 aliphatic rings. The molecule has 0 aliphatic carbocycles. The number of carbonyl (C=O) groups is 1. The van der Waals surface area contributed by atoms with Crippen LogP contribution >= 0.6 is 0 Å². The van der Waals surface area contributed by atoms with Crippen molar-refractivity contribution in [1.29, 1.82) is 5.26 Å². The molecule has 0 spiro atoms. The van der Waals surface area contributed by atoms with Gasteiger partial charge in [-0.15, -0.1) is 0 Å². The molecule has 1 saturated heterocycles. The van der Waals surface area contributed by atoms with Crippen LogP contribution < -0.4 is 10.6 Å². The average molecular weight is 419 g/mol. The van der Waals surface area contributed by atoms with Crippen molar-refractivity contribution in [3.05, 3.63) is 47.0 Å². The molecule has 30 heavy (non-hydrogen) atoms. The van der Waals surface area contributed by atoms with Crippen molar-refractivity contribution in [3.63, 3.8) is 0 Å². The minimum Gasteiger partial charge on any atom is -0.462 e. The van der Waals surface area contributed by atoms with Gasteiger partial charge in [-0.25, -0.2) is 9.18 Å². The van der Waals surface area contributed by atoms with Crippen LogP contribution in [0, 0.1) is 23.1 Å². The molecule has 1 aromatic carbocycles. The average Bonchev–Trinajstić information content (AvgIpc) is 2.72. The van der Waals surface area contributed by atoms with Crippen LogP contribution in [0.15, 0.2) is 35.7 Å². The molecule has 2 N–H and O–H groups in total. The predicted octanol–water partition coefficient (Wildman–Crippen LogP) is 2.16. The molecule has 1 atom stereocenters. The maximum Gasteiger partial charge on any atom is 0.352 e. The summed E-state index contributed by atoms with van der Waals surface area (Å²) in [6.45, 7) is 9.78. The fourth-order valence-corrected chi connectivity index (χ4v) is 3.06. The summed E-state index contributed by atoms with van der Waals surface area (Å²) in [5.74, 6) is -0.197. The second-order valence-corrected chi connectivity index (χ2v) is 7.59. The van der Waals surface area contributed by atoms with E-state index in [-0.39, 0.29) is 24.1 Å². The number of nitrogens with one attached hydrogen (secondary N) is 2. The molecule has 0 bridgehead atoms. The van der Waals surface area contributed by atoms with E-state index in [2.05, 4.69) is 15.5 Å². The Morgan fingerprint density at radius 2 is 2.10 bits per heavy atom. The second kappa shape index (κ2) is 12.2. The minimum atomic E-state index is -0.652. The number of esters is 1. The summed E-state index contributed by atoms with van der Waals surface area (Å²) in [7, 11) is 0. The van der Waals surface area contributed by atoms with E-state index in [4.69, 9.17) is 9.47 Å². The Morgan fingerprint density at radius 1 is 1.37 bits per heavy atom. The number of hydrogen-bond acceptors (Lipinski definition) is 7. The second-order valence-electron chi connectivity index (χ2n) is 7.59. The number of halogens is 1. The van der Waals surface area contributed by atoms with Crippen molar-refractivity contribution >= 4 is 5.97 Å². The minimum absolute atomic E-state index is 0.0727. The Balaban J connectivity index is 1.99. The molecule has 0 saturated carbocycles. The first-order valence-corrected chi connectivity index (χ1v) is 10.3. The zero-order chi connectivity index (χ0) is 21.9. The Morgan fingerprint density at radius 3 is 2.73 bits per heavy atom. The SMILES string of the molecule is CCOC(=O)C(C#N)=C(NCC(C)C)NCC1CN(Cc2ccc(F)cc2)CCO1. The molecule has 8 heteroatoms. The van der Waals surface area contributed by atoms with Gasteiger partial charge in [-0.05, 0) is 30.5 Å². The lowest BCUT2D eigenvalue weighted by molar-refractivity contribution is -0.138. The molecule has 0 amide bonds. The summed E-state index contributed by atoms with van der Waals surface area (Å²) >= 11 is 0. The molecule has 0 radical (unpaired) electrons. The number of nitrogens with zero attached hydrogens (tertiary/aromatic N) is 2. The molecule has 1 fully saturated rings. The van der Waals surface area contributed by atoms with Crippen LogP contribution in [0.5, 0.6) is 0 Å². The van der Waals surface area contributed by atoms with E-state index in [1.807, 2.05) is 19.9 Å². The van der Waals surface area contributed by atoms with Gasteiger partial charge in [0.2, 0.25) is 0 Å². The first-order valence-electron chi connectivity index (χ1n) is 10.3. The van der Waals surface area contributed by atoms with Crippen molar-refractivity contribution in [3.8, 4) is 6.07 Å². The van der Waals surface area contributed by atoms with Crippen molar-refractivity contribution in [2.45, 2.75) is 33.4 Å². The molecule has 1 unspecified atom stereocenters. The first-order chi connectivity index (χ1) is 14.4. The van der Waals surface area contributed by atoms with E-state index in [1.165, 1.54) is 12.1 Å². The number of morpholine rings is 1. The maximum atomic E-state index is 13.1. The van der Waals surface area contributed by atoms with Crippen LogP contribution in [0.1, 0.15) is 26.3 Å². The quantitative estimate of drug-likeness (QED) is 0.342. The number of hydrogen-bond donors (Lipinski definition) is 2. The molecule has 164 valence electrons. The lowest BCUT2D eigenvalue weighted by atomic mass is 10.2. The van der Waals surface area contributed by atoms with E-state index in [9.17, 15) is 14.4 Å². The highest BCUT2D eigenvalue weighted by atomic mass is 19.1. The van der Waals surface area contributed by atoms with Gasteiger partial charge in [0.05, 0.1) is 19.3 Å². The van der Waals surface area contributed by atoms with Crippen molar-refractivity contribution in [2.24, 2.45) is 5.92 Å². The molecular weight excluding hydrogens is 387 g/mol. The van der Waals surface area contributed by atoms with Crippen LogP contribution in [-0.4, -0.2) is 56.4 Å². The van der Waals surface area contributed by atoms with Gasteiger partial charge in [-0.3, -0.25) is 4.90 Å². The molecule has 2 rings (SSSR count). The third-order valence-electron chi connectivity index (χ3n) is 4.58. The topological polar surface area (TPSA) is 86.6 Å². The van der Waals surface area contributed by atoms with Crippen LogP contribution in [0.2, 0.25) is 0 Å². The number of benzene rings is 1. The first kappa shape index (κ1) is 23.6. The van der Waals surface area contributed by atoms with Gasteiger partial charge >= 0.3 is 5.97 Å². The van der Waals surface area contributed by atoms with Gasteiger partial charge in [0.15, 0.2) is 5.57 Å². The normalized spacial score (nSPS) is 17.8. The Hall–Kier alpha value is -2.63. The van der Waals surface area contributed by atoms with E-state index < -0.39 is 5.97 Å². The predicted molar refractivity (Wildman–Crippen MR) is 112 cm³/mol. The molecule has 0 aromatic heterocycles. The van der Waals surface area contributed by atoms with Gasteiger partial charge in [0.1, 0.15) is 17.7 Å². The number of nitriles is 1. The van der Waals surface area contributed by atoms with E-state index in [0.717, 1.165) is 12.1 Å². The standard InChI is InChI=1S/C22H31FN4O3/c1-4-29-22(28)20(11-24)21(25-12-16(2)3)26-13-19-15-27(9-10-30-19)14-17-5-7-18(23)8-6-17/h5-8,16,19,25-26H,4,9-10,12-15H2,1-3H3. The van der Waals surface area contributed by atoms with Crippen molar-refractivity contribution < 1.29 is 18.7 Å². The summed E-state index contributed by atoms with van der Waals surface area (Å²) in [5.41, 5.74) is 0.967. The third kappa shape index (κ3) is 7.65. The number of rotatable bonds is 10. The summed E-state index contributed by atoms with van der Waals surface area (Å²) in [5, 5.41) is 15.8. The lowest BCUT2D eigenvalue weighted by Crippen LogP contribution is -2.47. The highest BCUT2D eigenvalue weighted by Gasteiger charge is 2.23. The highest BCUT2D eigenvalue weighted by Crippen LogP contribution is 2.12. The van der Waals surface area contributed by atoms with Crippen LogP contribution in [-0.2, 0) is 20.8 Å². The molecule has 1 aliphatic heterocycles. The zero-order valence-corrected chi connectivity index (χ0v) is 17.9. The van der Waals surface area contributed by atoms with Crippen molar-refractivity contribution in [1.82, 2.24) is 15.5 Å². The van der Waals surface area contributed by atoms with Crippen molar-refractivity contribution in [2.75, 3.05) is 39.4 Å². The smallest absolute Gasteiger partial charge is 0.352 e. The Kier molecular flexibility index (Phi) is 9.58. The van der Waals surface area contributed by atoms with Gasteiger partial charge in [-0.2, -0.15) is 5.26 Å². The Bertz CT molecular complexity index is 759. The maximum absolute atomic E-state index is 13.1. The number of ether oxygens (including phenoxy) is 2. The third-order valence-corrected chi connectivity index (χ3v) is 4.58. The lowest BCUT2D eigenvalue weighted by Gasteiger charge is -2.33. The van der Waals surface area contributed by atoms with Gasteiger partial charge in [0, 0.05) is 32.7 Å². The van der Waals surface area contributed by atoms with Gasteiger partial charge in [-0.1, -0.05) is 26.0 Å². The number of carbonyl (C=O) groups excluding carboxylic acids is 1. The van der Waals surface area contributed by atoms with Crippen LogP contribution in [0.25, 0.3) is 0 Å². The van der Waals surface area contributed by atoms with Gasteiger partial charge in [0.25, 0.3) is 0 Å². The van der Waals surface area contributed by atoms with Crippen LogP contribution in [0.4, 0.5) is 4.39 Å². The summed E-state index contributed by atoms with van der Waals surface area (Å²) in [6, 6.07) is 8.44. The highest BCUT2D eigenvalue weighted by molar-refractivity contribution is 5.93. The van der Waals surface area contributed by atoms with Gasteiger partial charge < -0.3 is 20.1 Å². The van der Waals surface area contributed by atoms with E-state index in [1.54, 1.807) is 19.1 Å². The van der Waals surface area contributed by atoms with E-state index >= 15 is 0 Å². The monoisotopic (exact) mass is 418 g/mol. The summed E-state index contributed by atoms with van der Waals surface area (Å²) < 4.78 is 24.0. The molecule has 1 aromatic rings. The zero-order valence-electron chi connectivity index (χ0n) is 17.9. The fraction of sp³-hybridized carbons (Fsp3) is 0.545. The fourth-order valence-electron chi connectivity index (χ4n) is 3.06. The molecular formula is C22H31FN4O3. The van der Waals surface area contributed by atoms with Crippen LogP contribution in [0.3, 0.4) is 0 Å². The van der Waals surface area contributed by atoms with E-state index in [0.29, 0.717) is 44.5 Å². The largest absolute Gasteiger partial charge is 0.462 e. The summed E-state index contributed by atoms with van der Waals surface area (Å²) in [6.07, 6.45) is -0.114.